The molecular weight excluding hydrogens is 216 g/mol. The summed E-state index contributed by atoms with van der Waals surface area (Å²) in [6, 6.07) is 0. The fourth-order valence-electron chi connectivity index (χ4n) is 2.83. The number of rotatable bonds is 3. The molecule has 4 nitrogen and oxygen atoms in total. The summed E-state index contributed by atoms with van der Waals surface area (Å²) in [4.78, 5) is 26.6. The topological polar surface area (TPSA) is 49.4 Å². The number of hydrogen-bond acceptors (Lipinski definition) is 2. The summed E-state index contributed by atoms with van der Waals surface area (Å²) in [6.07, 6.45) is 2.74. The fraction of sp³-hybridized carbons (Fsp3) is 0.846. The van der Waals surface area contributed by atoms with Crippen LogP contribution in [0.25, 0.3) is 0 Å². The third-order valence-corrected chi connectivity index (χ3v) is 4.55. The highest BCUT2D eigenvalue weighted by molar-refractivity contribution is 6.02. The predicted octanol–water partition coefficient (Wildman–Crippen LogP) is 1.30. The van der Waals surface area contributed by atoms with Crippen molar-refractivity contribution >= 4 is 11.8 Å². The first-order chi connectivity index (χ1) is 7.90. The van der Waals surface area contributed by atoms with Crippen LogP contribution >= 0.6 is 0 Å². The minimum absolute atomic E-state index is 0.00384. The first-order valence-electron chi connectivity index (χ1n) is 6.54. The Bertz CT molecular complexity index is 364. The molecule has 2 rings (SSSR count). The van der Waals surface area contributed by atoms with Crippen molar-refractivity contribution in [3.63, 3.8) is 0 Å². The molecule has 2 aliphatic rings. The SMILES string of the molecule is CCN1C(=O)C(C)(C2CC2)NC(=O)C1(C)CC. The molecule has 2 unspecified atom stereocenters. The molecule has 1 N–H and O–H groups in total. The van der Waals surface area contributed by atoms with Crippen molar-refractivity contribution < 1.29 is 9.59 Å². The number of nitrogens with zero attached hydrogens (tertiary/aromatic N) is 1. The molecule has 17 heavy (non-hydrogen) atoms. The van der Waals surface area contributed by atoms with Crippen molar-refractivity contribution in [2.75, 3.05) is 6.54 Å². The van der Waals surface area contributed by atoms with Crippen LogP contribution in [0.15, 0.2) is 0 Å². The maximum atomic E-state index is 12.6. The van der Waals surface area contributed by atoms with Gasteiger partial charge in [0.15, 0.2) is 0 Å². The molecule has 2 amide bonds. The molecule has 0 radical (unpaired) electrons. The van der Waals surface area contributed by atoms with Crippen molar-refractivity contribution in [1.29, 1.82) is 0 Å². The molecule has 0 aromatic carbocycles. The zero-order valence-corrected chi connectivity index (χ0v) is 11.2. The lowest BCUT2D eigenvalue weighted by atomic mass is 9.83. The van der Waals surface area contributed by atoms with Gasteiger partial charge in [0, 0.05) is 6.54 Å². The summed E-state index contributed by atoms with van der Waals surface area (Å²) in [7, 11) is 0. The highest BCUT2D eigenvalue weighted by Gasteiger charge is 2.58. The molecule has 1 aliphatic carbocycles. The molecule has 4 heteroatoms. The van der Waals surface area contributed by atoms with Crippen LogP contribution in [0.3, 0.4) is 0 Å². The van der Waals surface area contributed by atoms with Crippen LogP contribution in [-0.4, -0.2) is 34.3 Å². The summed E-state index contributed by atoms with van der Waals surface area (Å²) in [5.41, 5.74) is -1.35. The van der Waals surface area contributed by atoms with Crippen molar-refractivity contribution in [3.05, 3.63) is 0 Å². The number of likely N-dealkylation sites (N-methyl/N-ethyl adjacent to an activating group) is 1. The van der Waals surface area contributed by atoms with Gasteiger partial charge < -0.3 is 10.2 Å². The molecule has 0 bridgehead atoms. The zero-order chi connectivity index (χ0) is 12.8. The van der Waals surface area contributed by atoms with Gasteiger partial charge in [-0.15, -0.1) is 0 Å². The van der Waals surface area contributed by atoms with E-state index in [4.69, 9.17) is 0 Å². The minimum Gasteiger partial charge on any atom is -0.340 e. The van der Waals surface area contributed by atoms with Crippen LogP contribution in [0.4, 0.5) is 0 Å². The lowest BCUT2D eigenvalue weighted by Crippen LogP contribution is -2.74. The molecule has 0 aromatic heterocycles. The summed E-state index contributed by atoms with van der Waals surface area (Å²) in [5.74, 6) is 0.414. The highest BCUT2D eigenvalue weighted by atomic mass is 16.2. The molecule has 0 aromatic rings. The average molecular weight is 238 g/mol. The Morgan fingerprint density at radius 1 is 1.29 bits per heavy atom. The summed E-state index contributed by atoms with van der Waals surface area (Å²) >= 11 is 0. The number of nitrogens with one attached hydrogen (secondary N) is 1. The van der Waals surface area contributed by atoms with Gasteiger partial charge in [-0.1, -0.05) is 6.92 Å². The normalized spacial score (nSPS) is 38.2. The number of carbonyl (C=O) groups is 2. The summed E-state index contributed by atoms with van der Waals surface area (Å²) in [6.45, 7) is 8.23. The molecule has 2 fully saturated rings. The van der Waals surface area contributed by atoms with Crippen molar-refractivity contribution in [3.8, 4) is 0 Å². The van der Waals surface area contributed by atoms with Gasteiger partial charge in [-0.25, -0.2) is 0 Å². The van der Waals surface area contributed by atoms with E-state index in [2.05, 4.69) is 5.32 Å². The van der Waals surface area contributed by atoms with Crippen molar-refractivity contribution in [1.82, 2.24) is 10.2 Å². The Balaban J connectivity index is 2.37. The Labute approximate surface area is 103 Å². The van der Waals surface area contributed by atoms with Crippen molar-refractivity contribution in [2.45, 2.75) is 58.0 Å². The predicted molar refractivity (Wildman–Crippen MR) is 65.4 cm³/mol. The Morgan fingerprint density at radius 3 is 2.29 bits per heavy atom. The lowest BCUT2D eigenvalue weighted by Gasteiger charge is -2.50. The minimum atomic E-state index is -0.680. The Kier molecular flexibility index (Phi) is 2.71. The van der Waals surface area contributed by atoms with Gasteiger partial charge in [0.1, 0.15) is 11.1 Å². The Morgan fingerprint density at radius 2 is 1.88 bits per heavy atom. The van der Waals surface area contributed by atoms with E-state index in [1.165, 1.54) is 0 Å². The van der Waals surface area contributed by atoms with Crippen LogP contribution < -0.4 is 5.32 Å². The van der Waals surface area contributed by atoms with Gasteiger partial charge in [-0.2, -0.15) is 0 Å². The van der Waals surface area contributed by atoms with E-state index >= 15 is 0 Å². The molecule has 0 spiro atoms. The van der Waals surface area contributed by atoms with Gasteiger partial charge >= 0.3 is 0 Å². The third-order valence-electron chi connectivity index (χ3n) is 4.55. The van der Waals surface area contributed by atoms with E-state index in [9.17, 15) is 9.59 Å². The van der Waals surface area contributed by atoms with E-state index in [0.29, 0.717) is 18.9 Å². The fourth-order valence-corrected chi connectivity index (χ4v) is 2.83. The second-order valence-corrected chi connectivity index (χ2v) is 5.61. The van der Waals surface area contributed by atoms with E-state index < -0.39 is 11.1 Å². The van der Waals surface area contributed by atoms with Crippen LogP contribution in [0, 0.1) is 5.92 Å². The van der Waals surface area contributed by atoms with E-state index in [0.717, 1.165) is 12.8 Å². The number of amides is 2. The summed E-state index contributed by atoms with van der Waals surface area (Å²) < 4.78 is 0. The molecule has 96 valence electrons. The second kappa shape index (κ2) is 3.72. The quantitative estimate of drug-likeness (QED) is 0.805. The molecule has 1 heterocycles. The zero-order valence-electron chi connectivity index (χ0n) is 11.2. The number of piperazine rings is 1. The monoisotopic (exact) mass is 238 g/mol. The van der Waals surface area contributed by atoms with Gasteiger partial charge in [-0.05, 0) is 46.0 Å². The van der Waals surface area contributed by atoms with Crippen LogP contribution in [-0.2, 0) is 9.59 Å². The van der Waals surface area contributed by atoms with Crippen LogP contribution in [0.1, 0.15) is 47.0 Å². The van der Waals surface area contributed by atoms with Crippen LogP contribution in [0.5, 0.6) is 0 Å². The second-order valence-electron chi connectivity index (χ2n) is 5.61. The maximum absolute atomic E-state index is 12.6. The van der Waals surface area contributed by atoms with Crippen molar-refractivity contribution in [2.24, 2.45) is 5.92 Å². The lowest BCUT2D eigenvalue weighted by molar-refractivity contribution is -0.162. The molecule has 1 saturated heterocycles. The molecule has 1 aliphatic heterocycles. The summed E-state index contributed by atoms with van der Waals surface area (Å²) in [5, 5.41) is 2.98. The maximum Gasteiger partial charge on any atom is 0.249 e. The van der Waals surface area contributed by atoms with E-state index in [1.807, 2.05) is 27.7 Å². The van der Waals surface area contributed by atoms with Gasteiger partial charge in [0.25, 0.3) is 0 Å². The Hall–Kier alpha value is -1.06. The highest BCUT2D eigenvalue weighted by Crippen LogP contribution is 2.43. The average Bonchev–Trinajstić information content (AvgIpc) is 3.11. The molecule has 1 saturated carbocycles. The van der Waals surface area contributed by atoms with E-state index in [1.54, 1.807) is 4.90 Å². The van der Waals surface area contributed by atoms with Crippen LogP contribution in [0.2, 0.25) is 0 Å². The number of carbonyl (C=O) groups excluding carboxylic acids is 2. The van der Waals surface area contributed by atoms with Gasteiger partial charge in [0.2, 0.25) is 11.8 Å². The standard InChI is InChI=1S/C13H22N2O2/c1-5-12(3)10(16)14-13(4,9-7-8-9)11(17)15(12)6-2/h9H,5-8H2,1-4H3,(H,14,16). The third kappa shape index (κ3) is 1.57. The van der Waals surface area contributed by atoms with Gasteiger partial charge in [0.05, 0.1) is 0 Å². The van der Waals surface area contributed by atoms with Gasteiger partial charge in [-0.3, -0.25) is 9.59 Å². The molecular formula is C13H22N2O2. The largest absolute Gasteiger partial charge is 0.340 e. The number of hydrogen-bond donors (Lipinski definition) is 1. The molecule has 2 atom stereocenters. The van der Waals surface area contributed by atoms with E-state index in [-0.39, 0.29) is 11.8 Å². The smallest absolute Gasteiger partial charge is 0.249 e. The first kappa shape index (κ1) is 12.4. The first-order valence-corrected chi connectivity index (χ1v) is 6.54.